The maximum absolute atomic E-state index is 13.0. The van der Waals surface area contributed by atoms with E-state index in [1.807, 2.05) is 31.2 Å². The summed E-state index contributed by atoms with van der Waals surface area (Å²) in [4.78, 5) is 39.6. The van der Waals surface area contributed by atoms with Crippen LogP contribution in [0.1, 0.15) is 34.0 Å². The van der Waals surface area contributed by atoms with Crippen LogP contribution in [-0.4, -0.2) is 28.6 Å². The van der Waals surface area contributed by atoms with E-state index in [0.717, 1.165) is 22.9 Å². The van der Waals surface area contributed by atoms with Gasteiger partial charge in [-0.3, -0.25) is 14.5 Å². The predicted octanol–water partition coefficient (Wildman–Crippen LogP) is 7.16. The first-order valence-electron chi connectivity index (χ1n) is 11.0. The smallest absolute Gasteiger partial charge is 0.343 e. The third-order valence-corrected chi connectivity index (χ3v) is 6.68. The molecule has 3 aromatic rings. The van der Waals surface area contributed by atoms with Crippen LogP contribution in [0.2, 0.25) is 10.0 Å². The van der Waals surface area contributed by atoms with E-state index in [4.69, 9.17) is 32.7 Å². The molecule has 0 unspecified atom stereocenters. The molecule has 4 rings (SSSR count). The Kier molecular flexibility index (Phi) is 8.04. The van der Waals surface area contributed by atoms with Crippen LogP contribution in [0.5, 0.6) is 11.5 Å². The van der Waals surface area contributed by atoms with Crippen molar-refractivity contribution in [3.05, 3.63) is 97.9 Å². The molecule has 1 saturated heterocycles. The minimum absolute atomic E-state index is 0.0584. The molecule has 1 aliphatic heterocycles. The molecule has 0 atom stereocenters. The van der Waals surface area contributed by atoms with Gasteiger partial charge in [-0.15, -0.1) is 0 Å². The van der Waals surface area contributed by atoms with Crippen molar-refractivity contribution in [1.29, 1.82) is 0 Å². The zero-order valence-corrected chi connectivity index (χ0v) is 21.7. The quantitative estimate of drug-likeness (QED) is 0.179. The van der Waals surface area contributed by atoms with Gasteiger partial charge in [0, 0.05) is 5.02 Å². The van der Waals surface area contributed by atoms with Gasteiger partial charge in [-0.1, -0.05) is 53.0 Å². The molecule has 3 aromatic carbocycles. The van der Waals surface area contributed by atoms with Gasteiger partial charge in [0.2, 0.25) is 0 Å². The average Bonchev–Trinajstić information content (AvgIpc) is 3.10. The number of benzene rings is 3. The summed E-state index contributed by atoms with van der Waals surface area (Å²) in [7, 11) is 0. The molecule has 0 aliphatic carbocycles. The molecule has 1 aliphatic rings. The molecular formula is C27H21Cl2NO5S. The first-order chi connectivity index (χ1) is 17.2. The number of hydrogen-bond donors (Lipinski definition) is 0. The Balaban J connectivity index is 1.57. The number of carbonyl (C=O) groups excluding carboxylic acids is 3. The molecule has 0 spiro atoms. The monoisotopic (exact) mass is 541 g/mol. The molecule has 9 heteroatoms. The molecule has 0 radical (unpaired) electrons. The van der Waals surface area contributed by atoms with Gasteiger partial charge in [0.15, 0.2) is 11.5 Å². The van der Waals surface area contributed by atoms with Crippen molar-refractivity contribution in [1.82, 2.24) is 4.90 Å². The van der Waals surface area contributed by atoms with Gasteiger partial charge in [0.05, 0.1) is 28.6 Å². The summed E-state index contributed by atoms with van der Waals surface area (Å²) >= 11 is 13.2. The number of aryl methyl sites for hydroxylation is 1. The van der Waals surface area contributed by atoms with E-state index in [-0.39, 0.29) is 33.2 Å². The Hall–Kier alpha value is -3.26. The number of ether oxygens (including phenoxy) is 2. The molecule has 0 bridgehead atoms. The Morgan fingerprint density at radius 1 is 1.03 bits per heavy atom. The number of nitrogens with zero attached hydrogens (tertiary/aromatic N) is 1. The fourth-order valence-corrected chi connectivity index (χ4v) is 4.66. The largest absolute Gasteiger partial charge is 0.490 e. The van der Waals surface area contributed by atoms with Crippen molar-refractivity contribution in [2.24, 2.45) is 0 Å². The van der Waals surface area contributed by atoms with Crippen LogP contribution in [0, 0.1) is 6.92 Å². The molecular weight excluding hydrogens is 521 g/mol. The Labute approximate surface area is 222 Å². The second-order valence-corrected chi connectivity index (χ2v) is 9.75. The Morgan fingerprint density at radius 3 is 2.39 bits per heavy atom. The van der Waals surface area contributed by atoms with Gasteiger partial charge in [0.25, 0.3) is 11.1 Å². The first-order valence-corrected chi connectivity index (χ1v) is 12.6. The first kappa shape index (κ1) is 25.8. The van der Waals surface area contributed by atoms with Gasteiger partial charge in [0.1, 0.15) is 0 Å². The summed E-state index contributed by atoms with van der Waals surface area (Å²) in [5.41, 5.74) is 2.77. The van der Waals surface area contributed by atoms with Crippen LogP contribution in [-0.2, 0) is 11.3 Å². The van der Waals surface area contributed by atoms with E-state index < -0.39 is 11.9 Å². The number of carbonyl (C=O) groups is 3. The van der Waals surface area contributed by atoms with Crippen molar-refractivity contribution >= 4 is 58.2 Å². The molecule has 1 heterocycles. The summed E-state index contributed by atoms with van der Waals surface area (Å²) in [6.45, 7) is 4.23. The van der Waals surface area contributed by atoms with E-state index in [1.54, 1.807) is 49.4 Å². The number of halogens is 2. The number of esters is 1. The van der Waals surface area contributed by atoms with E-state index >= 15 is 0 Å². The maximum atomic E-state index is 13.0. The second-order valence-electron chi connectivity index (χ2n) is 7.91. The minimum Gasteiger partial charge on any atom is -0.490 e. The van der Waals surface area contributed by atoms with Gasteiger partial charge in [-0.25, -0.2) is 4.79 Å². The standard InChI is InChI=1S/C27H21Cl2NO5S/c1-3-34-22-13-18(12-21(29)24(22)35-26(32)19-8-10-20(28)11-9-19)14-23-25(31)30(27(33)36-23)15-17-6-4-16(2)5-7-17/h4-14H,3,15H2,1-2H3/b23-14-. The number of amides is 2. The summed E-state index contributed by atoms with van der Waals surface area (Å²) in [5, 5.41) is 0.261. The third-order valence-electron chi connectivity index (χ3n) is 5.24. The van der Waals surface area contributed by atoms with Gasteiger partial charge < -0.3 is 9.47 Å². The summed E-state index contributed by atoms with van der Waals surface area (Å²) < 4.78 is 11.2. The van der Waals surface area contributed by atoms with Crippen molar-refractivity contribution < 1.29 is 23.9 Å². The van der Waals surface area contributed by atoms with Crippen LogP contribution in [0.15, 0.2) is 65.6 Å². The van der Waals surface area contributed by atoms with E-state index in [1.165, 1.54) is 4.90 Å². The topological polar surface area (TPSA) is 72.9 Å². The highest BCUT2D eigenvalue weighted by atomic mass is 35.5. The normalized spacial score (nSPS) is 14.4. The van der Waals surface area contributed by atoms with Crippen molar-refractivity contribution in [2.75, 3.05) is 6.61 Å². The average molecular weight is 542 g/mol. The summed E-state index contributed by atoms with van der Waals surface area (Å²) in [5.74, 6) is -0.724. The van der Waals surface area contributed by atoms with Crippen LogP contribution >= 0.6 is 35.0 Å². The fraction of sp³-hybridized carbons (Fsp3) is 0.148. The summed E-state index contributed by atoms with van der Waals surface area (Å²) in [6, 6.07) is 17.0. The molecule has 2 amide bonds. The van der Waals surface area contributed by atoms with E-state index in [2.05, 4.69) is 0 Å². The molecule has 0 aromatic heterocycles. The lowest BCUT2D eigenvalue weighted by atomic mass is 10.1. The van der Waals surface area contributed by atoms with Crippen molar-refractivity contribution in [2.45, 2.75) is 20.4 Å². The molecule has 1 fully saturated rings. The molecule has 0 saturated carbocycles. The lowest BCUT2D eigenvalue weighted by Crippen LogP contribution is -2.27. The molecule has 6 nitrogen and oxygen atoms in total. The van der Waals surface area contributed by atoms with Crippen molar-refractivity contribution in [3.8, 4) is 11.5 Å². The summed E-state index contributed by atoms with van der Waals surface area (Å²) in [6.07, 6.45) is 1.57. The highest BCUT2D eigenvalue weighted by molar-refractivity contribution is 8.18. The van der Waals surface area contributed by atoms with Gasteiger partial charge >= 0.3 is 5.97 Å². The molecule has 36 heavy (non-hydrogen) atoms. The molecule has 0 N–H and O–H groups in total. The Bertz CT molecular complexity index is 1350. The SMILES string of the molecule is CCOc1cc(/C=C2\SC(=O)N(Cc3ccc(C)cc3)C2=O)cc(Cl)c1OC(=O)c1ccc(Cl)cc1. The number of rotatable bonds is 7. The van der Waals surface area contributed by atoms with Crippen LogP contribution in [0.3, 0.4) is 0 Å². The lowest BCUT2D eigenvalue weighted by Gasteiger charge is -2.14. The number of imide groups is 1. The van der Waals surface area contributed by atoms with Crippen LogP contribution < -0.4 is 9.47 Å². The predicted molar refractivity (Wildman–Crippen MR) is 142 cm³/mol. The number of hydrogen-bond acceptors (Lipinski definition) is 6. The second kappa shape index (κ2) is 11.2. The fourth-order valence-electron chi connectivity index (χ4n) is 3.43. The minimum atomic E-state index is -0.625. The number of thioether (sulfide) groups is 1. The van der Waals surface area contributed by atoms with E-state index in [0.29, 0.717) is 22.8 Å². The Morgan fingerprint density at radius 2 is 1.72 bits per heavy atom. The lowest BCUT2D eigenvalue weighted by molar-refractivity contribution is -0.123. The zero-order chi connectivity index (χ0) is 25.8. The zero-order valence-electron chi connectivity index (χ0n) is 19.4. The highest BCUT2D eigenvalue weighted by Crippen LogP contribution is 2.40. The third kappa shape index (κ3) is 5.93. The van der Waals surface area contributed by atoms with Crippen LogP contribution in [0.4, 0.5) is 4.79 Å². The maximum Gasteiger partial charge on any atom is 0.343 e. The van der Waals surface area contributed by atoms with Gasteiger partial charge in [-0.2, -0.15) is 0 Å². The molecule has 184 valence electrons. The van der Waals surface area contributed by atoms with Gasteiger partial charge in [-0.05, 0) is 79.2 Å². The van der Waals surface area contributed by atoms with Crippen LogP contribution in [0.25, 0.3) is 6.08 Å². The van der Waals surface area contributed by atoms with Crippen molar-refractivity contribution in [3.63, 3.8) is 0 Å². The van der Waals surface area contributed by atoms with E-state index in [9.17, 15) is 14.4 Å². The highest BCUT2D eigenvalue weighted by Gasteiger charge is 2.35.